The molecule has 13 atom stereocenters. The Hall–Kier alpha value is -8.08. The number of hydroxylamine groups is 2. The number of rotatable bonds is 14. The van der Waals surface area contributed by atoms with Gasteiger partial charge in [-0.3, -0.25) is 24.0 Å². The number of esters is 5. The molecule has 2 saturated carbocycles. The molecule has 6 aliphatic rings. The van der Waals surface area contributed by atoms with Crippen LogP contribution >= 0.6 is 0 Å². The SMILES string of the molecule is CC(=O)O[C@H]1C(=O)[C@@]2(C)[C@H]([C@H](OC(=O)c3ccccc3)[C@]3(O)C[C@H](OC(=O)[C@H](OC(=O)c4ccccc4)[C@@H](NC(=O)O[C@H]4/C=C/CC[C@@](C)(C(=O)ON5C(=O)CCC5=O)CC4)c4ccccc4)C(C)=C1C3(C)C)[C@]1(OC(C)=O)CO[C@@H]1C[C@@H]2O. The van der Waals surface area contributed by atoms with E-state index in [1.165, 1.54) is 64.1 Å². The Morgan fingerprint density at radius 3 is 1.95 bits per heavy atom. The maximum atomic E-state index is 15.9. The van der Waals surface area contributed by atoms with Gasteiger partial charge >= 0.3 is 41.9 Å². The Morgan fingerprint density at radius 2 is 1.37 bits per heavy atom. The van der Waals surface area contributed by atoms with Gasteiger partial charge in [-0.25, -0.2) is 24.0 Å². The summed E-state index contributed by atoms with van der Waals surface area (Å²) < 4.78 is 43.0. The van der Waals surface area contributed by atoms with Crippen molar-refractivity contribution in [2.75, 3.05) is 6.61 Å². The molecule has 22 nitrogen and oxygen atoms in total. The van der Waals surface area contributed by atoms with Gasteiger partial charge in [-0.2, -0.15) is 0 Å². The standard InChI is InChI=1S/C62H68N2O20/c1-34-41(32-62(76)52(82-54(72)39-23-15-10-16-24-39)50-60(7,42(67)31-43-61(50,33-77-43)83-36(3)66)51(70)48(78-35(2)65)46(34)58(62,4)5)80-55(73)49(81-53(71)38-21-13-9-14-22-38)47(37-19-11-8-12-20-37)63-57(75)79-40-25-17-18-29-59(6,30-28-40)56(74)84-64-44(68)26-27-45(64)69/h8-17,19-25,40-43,47-50,52,67,76H,18,26-33H2,1-7H3,(H,63,75)/b25-17+/t40-,41-,42-,43+,47-,48+,49+,50-,52-,59+,60+,61-,62+/m0/s1. The molecule has 2 aliphatic heterocycles. The first-order valence-corrected chi connectivity index (χ1v) is 27.9. The molecule has 9 rings (SSSR count). The second-order valence-corrected chi connectivity index (χ2v) is 23.4. The minimum absolute atomic E-state index is 0.0111. The Balaban J connectivity index is 1.11. The number of carbonyl (C=O) groups excluding carboxylic acids is 10. The van der Waals surface area contributed by atoms with E-state index >= 15 is 9.59 Å². The van der Waals surface area contributed by atoms with Crippen LogP contribution in [0.2, 0.25) is 0 Å². The summed E-state index contributed by atoms with van der Waals surface area (Å²) in [6, 6.07) is 21.6. The molecular weight excluding hydrogens is 1090 g/mol. The fraction of sp³-hybridized carbons (Fsp3) is 0.484. The molecule has 3 amide bonds. The van der Waals surface area contributed by atoms with Crippen molar-refractivity contribution < 1.29 is 96.2 Å². The number of hydrogen-bond acceptors (Lipinski definition) is 20. The van der Waals surface area contributed by atoms with Gasteiger partial charge in [0.05, 0.1) is 40.6 Å². The quantitative estimate of drug-likeness (QED) is 0.0720. The van der Waals surface area contributed by atoms with Crippen LogP contribution in [0, 0.1) is 22.2 Å². The van der Waals surface area contributed by atoms with E-state index in [9.17, 15) is 48.6 Å². The molecule has 2 bridgehead atoms. The number of benzene rings is 3. The van der Waals surface area contributed by atoms with Crippen LogP contribution in [0.3, 0.4) is 0 Å². The van der Waals surface area contributed by atoms with Crippen molar-refractivity contribution in [3.8, 4) is 0 Å². The third kappa shape index (κ3) is 11.1. The van der Waals surface area contributed by atoms with Crippen LogP contribution in [0.25, 0.3) is 0 Å². The number of amides is 3. The first-order valence-electron chi connectivity index (χ1n) is 27.9. The number of fused-ring (bicyclic) bond motifs is 5. The summed E-state index contributed by atoms with van der Waals surface area (Å²) in [5.74, 6) is -9.84. The van der Waals surface area contributed by atoms with E-state index in [2.05, 4.69) is 5.32 Å². The van der Waals surface area contributed by atoms with E-state index in [1.807, 2.05) is 0 Å². The lowest BCUT2D eigenvalue weighted by Gasteiger charge is -2.67. The van der Waals surface area contributed by atoms with Crippen molar-refractivity contribution in [2.45, 2.75) is 160 Å². The van der Waals surface area contributed by atoms with E-state index < -0.39 is 148 Å². The maximum absolute atomic E-state index is 15.9. The molecule has 3 aromatic rings. The van der Waals surface area contributed by atoms with Crippen LogP contribution < -0.4 is 5.32 Å². The topological polar surface area (TPSA) is 300 Å². The predicted octanol–water partition coefficient (Wildman–Crippen LogP) is 6.01. The molecule has 22 heteroatoms. The number of hydrogen-bond donors (Lipinski definition) is 3. The van der Waals surface area contributed by atoms with E-state index in [0.29, 0.717) is 11.5 Å². The molecule has 4 fully saturated rings. The summed E-state index contributed by atoms with van der Waals surface area (Å²) in [5.41, 5.74) is -9.40. The molecule has 3 aromatic carbocycles. The third-order valence-electron chi connectivity index (χ3n) is 17.8. The van der Waals surface area contributed by atoms with E-state index in [1.54, 1.807) is 73.7 Å². The van der Waals surface area contributed by atoms with Crippen molar-refractivity contribution in [2.24, 2.45) is 22.2 Å². The average Bonchev–Trinajstić information content (AvgIpc) is 0.738. The summed E-state index contributed by atoms with van der Waals surface area (Å²) >= 11 is 0. The van der Waals surface area contributed by atoms with Crippen molar-refractivity contribution in [3.63, 3.8) is 0 Å². The number of nitrogens with one attached hydrogen (secondary N) is 1. The van der Waals surface area contributed by atoms with Crippen molar-refractivity contribution in [1.29, 1.82) is 0 Å². The zero-order valence-corrected chi connectivity index (χ0v) is 47.6. The van der Waals surface area contributed by atoms with Gasteiger partial charge in [0.2, 0.25) is 6.10 Å². The highest BCUT2D eigenvalue weighted by atomic mass is 16.7. The van der Waals surface area contributed by atoms with Gasteiger partial charge in [0.1, 0.15) is 36.1 Å². The van der Waals surface area contributed by atoms with Gasteiger partial charge in [0.25, 0.3) is 11.8 Å². The number of alkyl carbamates (subject to hydrolysis) is 1. The summed E-state index contributed by atoms with van der Waals surface area (Å²) in [6.07, 6.45) is -9.65. The Labute approximate surface area is 484 Å². The van der Waals surface area contributed by atoms with E-state index in [0.717, 1.165) is 13.8 Å². The summed E-state index contributed by atoms with van der Waals surface area (Å²) in [5, 5.41) is 29.5. The molecule has 3 N–H and O–H groups in total. The van der Waals surface area contributed by atoms with Gasteiger partial charge < -0.3 is 53.5 Å². The molecule has 0 radical (unpaired) electrons. The van der Waals surface area contributed by atoms with Crippen molar-refractivity contribution in [1.82, 2.24) is 10.4 Å². The molecule has 0 aromatic heterocycles. The highest BCUT2D eigenvalue weighted by molar-refractivity contribution is 6.02. The second kappa shape index (κ2) is 23.5. The van der Waals surface area contributed by atoms with Crippen LogP contribution in [0.4, 0.5) is 4.79 Å². The molecular formula is C62H68N2O20. The number of Topliss-reactive ketones (excluding diaryl/α,β-unsaturated/α-hetero) is 1. The first kappa shape index (κ1) is 60.5. The van der Waals surface area contributed by atoms with Crippen molar-refractivity contribution in [3.05, 3.63) is 131 Å². The van der Waals surface area contributed by atoms with Crippen LogP contribution in [0.5, 0.6) is 0 Å². The number of aliphatic hydroxyl groups is 2. The predicted molar refractivity (Wildman–Crippen MR) is 290 cm³/mol. The maximum Gasteiger partial charge on any atom is 0.408 e. The highest BCUT2D eigenvalue weighted by Gasteiger charge is 2.78. The smallest absolute Gasteiger partial charge is 0.408 e. The second-order valence-electron chi connectivity index (χ2n) is 23.4. The molecule has 2 heterocycles. The van der Waals surface area contributed by atoms with Crippen LogP contribution in [-0.4, -0.2) is 135 Å². The number of nitrogens with zero attached hydrogens (tertiary/aromatic N) is 1. The number of ketones is 1. The lowest BCUT2D eigenvalue weighted by molar-refractivity contribution is -0.346. The van der Waals surface area contributed by atoms with Gasteiger partial charge in [-0.05, 0) is 93.5 Å². The van der Waals surface area contributed by atoms with Gasteiger partial charge in [0, 0.05) is 44.9 Å². The number of imide groups is 1. The normalized spacial score (nSPS) is 31.7. The van der Waals surface area contributed by atoms with Gasteiger partial charge in [0.15, 0.2) is 17.5 Å². The lowest BCUT2D eigenvalue weighted by Crippen LogP contribution is -2.82. The molecule has 0 unspecified atom stereocenters. The largest absolute Gasteiger partial charge is 0.455 e. The number of aliphatic hydroxyl groups excluding tert-OH is 1. The average molecular weight is 1160 g/mol. The fourth-order valence-corrected chi connectivity index (χ4v) is 13.0. The molecule has 0 spiro atoms. The van der Waals surface area contributed by atoms with Crippen LogP contribution in [0.1, 0.15) is 132 Å². The minimum Gasteiger partial charge on any atom is -0.455 e. The number of carbonyl (C=O) groups is 10. The lowest BCUT2D eigenvalue weighted by atomic mass is 9.44. The first-order chi connectivity index (χ1) is 39.7. The van der Waals surface area contributed by atoms with Gasteiger partial charge in [-0.1, -0.05) is 86.7 Å². The fourth-order valence-electron chi connectivity index (χ4n) is 13.0. The summed E-state index contributed by atoms with van der Waals surface area (Å²) in [4.78, 5) is 145. The Bertz CT molecular complexity index is 3170. The van der Waals surface area contributed by atoms with Gasteiger partial charge in [-0.15, -0.1) is 5.06 Å². The van der Waals surface area contributed by atoms with Crippen LogP contribution in [-0.2, 0) is 71.6 Å². The number of ether oxygens (including phenoxy) is 7. The van der Waals surface area contributed by atoms with Crippen molar-refractivity contribution >= 4 is 59.5 Å². The highest BCUT2D eigenvalue weighted by Crippen LogP contribution is 2.64. The molecule has 4 aliphatic carbocycles. The van der Waals surface area contributed by atoms with Crippen LogP contribution in [0.15, 0.2) is 114 Å². The summed E-state index contributed by atoms with van der Waals surface area (Å²) in [7, 11) is 0. The number of allylic oxidation sites excluding steroid dienone is 1. The Kier molecular flexibility index (Phi) is 16.9. The monoisotopic (exact) mass is 1160 g/mol. The van der Waals surface area contributed by atoms with E-state index in [4.69, 9.17) is 38.0 Å². The zero-order valence-electron chi connectivity index (χ0n) is 47.6. The Morgan fingerprint density at radius 1 is 0.762 bits per heavy atom. The molecule has 84 heavy (non-hydrogen) atoms. The minimum atomic E-state index is -2.54. The third-order valence-corrected chi connectivity index (χ3v) is 17.8. The molecule has 2 saturated heterocycles. The van der Waals surface area contributed by atoms with E-state index in [-0.39, 0.29) is 73.0 Å². The molecule has 446 valence electrons. The summed E-state index contributed by atoms with van der Waals surface area (Å²) in [6.45, 7) is 9.30. The zero-order chi connectivity index (χ0) is 60.7.